The van der Waals surface area contributed by atoms with Gasteiger partial charge in [0.2, 0.25) is 0 Å². The molecular formula is C9H11NS. The molecule has 0 radical (unpaired) electrons. The molecular weight excluding hydrogens is 154 g/mol. The molecule has 0 aliphatic heterocycles. The third-order valence-corrected chi connectivity index (χ3v) is 2.41. The molecule has 0 saturated carbocycles. The first kappa shape index (κ1) is 8.29. The molecule has 1 unspecified atom stereocenters. The van der Waals surface area contributed by atoms with Gasteiger partial charge in [-0.05, 0) is 28.3 Å². The number of hydrogen-bond acceptors (Lipinski definition) is 2. The average molecular weight is 165 g/mol. The van der Waals surface area contributed by atoms with Crippen molar-refractivity contribution in [2.45, 2.75) is 19.8 Å². The number of nitrogens with zero attached hydrogens (tertiary/aromatic N) is 1. The van der Waals surface area contributed by atoms with Gasteiger partial charge in [-0.3, -0.25) is 0 Å². The molecule has 0 fully saturated rings. The van der Waals surface area contributed by atoms with Crippen LogP contribution in [0, 0.1) is 17.2 Å². The summed E-state index contributed by atoms with van der Waals surface area (Å²) in [6.45, 7) is 4.15. The van der Waals surface area contributed by atoms with E-state index in [0.717, 1.165) is 5.56 Å². The molecule has 0 aromatic carbocycles. The van der Waals surface area contributed by atoms with Crippen molar-refractivity contribution in [2.24, 2.45) is 5.92 Å². The topological polar surface area (TPSA) is 23.8 Å². The lowest BCUT2D eigenvalue weighted by Gasteiger charge is -2.09. The number of rotatable bonds is 2. The SMILES string of the molecule is CC(C)C(C#N)c1ccsc1. The van der Waals surface area contributed by atoms with Crippen LogP contribution < -0.4 is 0 Å². The largest absolute Gasteiger partial charge is 0.198 e. The fraction of sp³-hybridized carbons (Fsp3) is 0.444. The second-order valence-corrected chi connectivity index (χ2v) is 3.69. The molecule has 0 bridgehead atoms. The Hall–Kier alpha value is -0.810. The first-order valence-corrected chi connectivity index (χ1v) is 4.61. The second-order valence-electron chi connectivity index (χ2n) is 2.91. The Morgan fingerprint density at radius 2 is 2.27 bits per heavy atom. The number of nitriles is 1. The molecule has 1 rings (SSSR count). The Balaban J connectivity index is 2.82. The Kier molecular flexibility index (Phi) is 2.67. The summed E-state index contributed by atoms with van der Waals surface area (Å²) < 4.78 is 0. The summed E-state index contributed by atoms with van der Waals surface area (Å²) in [4.78, 5) is 0. The van der Waals surface area contributed by atoms with Gasteiger partial charge < -0.3 is 0 Å². The molecule has 2 heteroatoms. The molecule has 0 aliphatic rings. The highest BCUT2D eigenvalue weighted by molar-refractivity contribution is 7.08. The van der Waals surface area contributed by atoms with E-state index in [9.17, 15) is 0 Å². The Morgan fingerprint density at radius 1 is 1.55 bits per heavy atom. The van der Waals surface area contributed by atoms with E-state index >= 15 is 0 Å². The maximum Gasteiger partial charge on any atom is 0.0743 e. The van der Waals surface area contributed by atoms with Crippen molar-refractivity contribution < 1.29 is 0 Å². The van der Waals surface area contributed by atoms with Crippen LogP contribution in [0.25, 0.3) is 0 Å². The maximum atomic E-state index is 8.82. The van der Waals surface area contributed by atoms with Crippen LogP contribution in [0.5, 0.6) is 0 Å². The number of thiophene rings is 1. The molecule has 1 aromatic rings. The molecule has 1 atom stereocenters. The Bertz CT molecular complexity index is 243. The fourth-order valence-corrected chi connectivity index (χ4v) is 1.76. The van der Waals surface area contributed by atoms with Gasteiger partial charge >= 0.3 is 0 Å². The zero-order chi connectivity index (χ0) is 8.27. The van der Waals surface area contributed by atoms with Gasteiger partial charge in [0.1, 0.15) is 0 Å². The van der Waals surface area contributed by atoms with E-state index in [0.29, 0.717) is 5.92 Å². The van der Waals surface area contributed by atoms with Crippen molar-refractivity contribution in [1.82, 2.24) is 0 Å². The maximum absolute atomic E-state index is 8.82. The van der Waals surface area contributed by atoms with E-state index in [1.54, 1.807) is 11.3 Å². The lowest BCUT2D eigenvalue weighted by molar-refractivity contribution is 0.588. The zero-order valence-corrected chi connectivity index (χ0v) is 7.56. The Morgan fingerprint density at radius 3 is 2.64 bits per heavy atom. The highest BCUT2D eigenvalue weighted by Crippen LogP contribution is 2.24. The average Bonchev–Trinajstić information content (AvgIpc) is 2.40. The van der Waals surface area contributed by atoms with Crippen LogP contribution in [0.1, 0.15) is 25.3 Å². The minimum Gasteiger partial charge on any atom is -0.198 e. The lowest BCUT2D eigenvalue weighted by atomic mass is 9.92. The molecule has 1 aromatic heterocycles. The standard InChI is InChI=1S/C9H11NS/c1-7(2)9(5-10)8-3-4-11-6-8/h3-4,6-7,9H,1-2H3. The van der Waals surface area contributed by atoms with E-state index in [-0.39, 0.29) is 5.92 Å². The molecule has 1 nitrogen and oxygen atoms in total. The summed E-state index contributed by atoms with van der Waals surface area (Å²) in [5.41, 5.74) is 1.16. The lowest BCUT2D eigenvalue weighted by Crippen LogP contribution is -2.01. The van der Waals surface area contributed by atoms with Gasteiger partial charge in [0.05, 0.1) is 12.0 Å². The van der Waals surface area contributed by atoms with Crippen LogP contribution in [0.15, 0.2) is 16.8 Å². The van der Waals surface area contributed by atoms with Crippen molar-refractivity contribution in [3.05, 3.63) is 22.4 Å². The zero-order valence-electron chi connectivity index (χ0n) is 6.74. The van der Waals surface area contributed by atoms with Crippen molar-refractivity contribution >= 4 is 11.3 Å². The second kappa shape index (κ2) is 3.54. The highest BCUT2D eigenvalue weighted by atomic mass is 32.1. The molecule has 0 saturated heterocycles. The summed E-state index contributed by atoms with van der Waals surface area (Å²) in [5.74, 6) is 0.482. The number of hydrogen-bond donors (Lipinski definition) is 0. The highest BCUT2D eigenvalue weighted by Gasteiger charge is 2.14. The predicted octanol–water partition coefficient (Wildman–Crippen LogP) is 3.01. The van der Waals surface area contributed by atoms with Gasteiger partial charge in [-0.15, -0.1) is 0 Å². The van der Waals surface area contributed by atoms with Gasteiger partial charge in [0.25, 0.3) is 0 Å². The van der Waals surface area contributed by atoms with Crippen LogP contribution in [0.4, 0.5) is 0 Å². The van der Waals surface area contributed by atoms with E-state index in [1.165, 1.54) is 0 Å². The quantitative estimate of drug-likeness (QED) is 0.660. The molecule has 58 valence electrons. The van der Waals surface area contributed by atoms with Crippen molar-refractivity contribution in [3.63, 3.8) is 0 Å². The van der Waals surface area contributed by atoms with Crippen LogP contribution in [-0.2, 0) is 0 Å². The van der Waals surface area contributed by atoms with Gasteiger partial charge in [0.15, 0.2) is 0 Å². The van der Waals surface area contributed by atoms with Gasteiger partial charge in [-0.2, -0.15) is 16.6 Å². The van der Waals surface area contributed by atoms with Crippen LogP contribution in [0.3, 0.4) is 0 Å². The summed E-state index contributed by atoms with van der Waals surface area (Å²) in [6.07, 6.45) is 0. The molecule has 0 spiro atoms. The normalized spacial score (nSPS) is 12.9. The smallest absolute Gasteiger partial charge is 0.0743 e. The predicted molar refractivity (Wildman–Crippen MR) is 47.5 cm³/mol. The fourth-order valence-electron chi connectivity index (χ4n) is 1.06. The minimum atomic E-state index is 0.0706. The summed E-state index contributed by atoms with van der Waals surface area (Å²) in [6, 6.07) is 4.34. The van der Waals surface area contributed by atoms with E-state index in [2.05, 4.69) is 19.9 Å². The van der Waals surface area contributed by atoms with E-state index in [1.807, 2.05) is 16.8 Å². The monoisotopic (exact) mass is 165 g/mol. The van der Waals surface area contributed by atoms with Crippen LogP contribution >= 0.6 is 11.3 Å². The van der Waals surface area contributed by atoms with Gasteiger partial charge in [-0.1, -0.05) is 13.8 Å². The van der Waals surface area contributed by atoms with Crippen LogP contribution in [-0.4, -0.2) is 0 Å². The first-order chi connectivity index (χ1) is 5.25. The van der Waals surface area contributed by atoms with Crippen molar-refractivity contribution in [3.8, 4) is 6.07 Å². The third-order valence-electron chi connectivity index (χ3n) is 1.71. The summed E-state index contributed by atoms with van der Waals surface area (Å²) >= 11 is 1.65. The summed E-state index contributed by atoms with van der Waals surface area (Å²) in [5, 5.41) is 12.9. The van der Waals surface area contributed by atoms with E-state index < -0.39 is 0 Å². The van der Waals surface area contributed by atoms with Crippen LogP contribution in [0.2, 0.25) is 0 Å². The molecule has 0 amide bonds. The van der Waals surface area contributed by atoms with Crippen molar-refractivity contribution in [2.75, 3.05) is 0 Å². The Labute approximate surface area is 71.3 Å². The molecule has 0 aliphatic carbocycles. The molecule has 11 heavy (non-hydrogen) atoms. The minimum absolute atomic E-state index is 0.0706. The third kappa shape index (κ3) is 1.81. The van der Waals surface area contributed by atoms with Crippen molar-refractivity contribution in [1.29, 1.82) is 5.26 Å². The molecule has 0 N–H and O–H groups in total. The summed E-state index contributed by atoms with van der Waals surface area (Å²) in [7, 11) is 0. The van der Waals surface area contributed by atoms with E-state index in [4.69, 9.17) is 5.26 Å². The van der Waals surface area contributed by atoms with Gasteiger partial charge in [-0.25, -0.2) is 0 Å². The first-order valence-electron chi connectivity index (χ1n) is 3.67. The molecule has 1 heterocycles. The van der Waals surface area contributed by atoms with Gasteiger partial charge in [0, 0.05) is 0 Å².